The molecule has 6 N–H and O–H groups in total. The third-order valence-corrected chi connectivity index (χ3v) is 4.98. The molecule has 0 amide bonds. The standard InChI is InChI=1S/C17H23N3O.C6H8O7.C4H4O4/c1-19(2)12-13-20(17-6-4-5-11-18-17)14-15-7-9-16(21-3)10-8-15;7-3(8)1-6(13,5(11)12)2-4(9)10;5-3(6)1-2-4(7)8/h4-11H,12-14H2,1-3H3;13H,1-2H2,(H,7,8)(H,9,10)(H,11,12);1-2H,(H,5,6)(H,7,8). The summed E-state index contributed by atoms with van der Waals surface area (Å²) in [6.45, 7) is 2.78. The second-order valence-corrected chi connectivity index (χ2v) is 8.75. The molecular weight excluding hydrogens is 558 g/mol. The Morgan fingerprint density at radius 3 is 1.71 bits per heavy atom. The number of pyridine rings is 1. The Morgan fingerprint density at radius 2 is 1.36 bits per heavy atom. The van der Waals surface area contributed by atoms with Gasteiger partial charge in [-0.2, -0.15) is 0 Å². The first-order valence-corrected chi connectivity index (χ1v) is 12.1. The molecule has 0 aliphatic rings. The predicted molar refractivity (Wildman–Crippen MR) is 148 cm³/mol. The molecule has 0 atom stereocenters. The van der Waals surface area contributed by atoms with Gasteiger partial charge < -0.3 is 45.2 Å². The molecule has 0 saturated carbocycles. The van der Waals surface area contributed by atoms with E-state index in [0.717, 1.165) is 31.2 Å². The van der Waals surface area contributed by atoms with Crippen molar-refractivity contribution >= 4 is 35.7 Å². The predicted octanol–water partition coefficient (Wildman–Crippen LogP) is 1.12. The van der Waals surface area contributed by atoms with E-state index in [-0.39, 0.29) is 0 Å². The molecule has 2 aromatic rings. The smallest absolute Gasteiger partial charge is 0.336 e. The highest BCUT2D eigenvalue weighted by molar-refractivity contribution is 5.89. The molecule has 2 rings (SSSR count). The quantitative estimate of drug-likeness (QED) is 0.168. The third-order valence-electron chi connectivity index (χ3n) is 4.98. The second kappa shape index (κ2) is 19.1. The minimum atomic E-state index is -2.74. The van der Waals surface area contributed by atoms with Crippen molar-refractivity contribution in [3.8, 4) is 5.75 Å². The number of hydrogen-bond acceptors (Lipinski definition) is 10. The molecule has 1 aromatic carbocycles. The topological polar surface area (TPSA) is 235 Å². The fraction of sp³-hybridized carbons (Fsp3) is 0.333. The zero-order valence-electron chi connectivity index (χ0n) is 23.3. The molecule has 0 aliphatic heterocycles. The molecule has 230 valence electrons. The normalized spacial score (nSPS) is 10.5. The van der Waals surface area contributed by atoms with Gasteiger partial charge >= 0.3 is 29.8 Å². The van der Waals surface area contributed by atoms with Crippen molar-refractivity contribution in [2.45, 2.75) is 25.0 Å². The summed E-state index contributed by atoms with van der Waals surface area (Å²) in [6.07, 6.45) is 0.667. The zero-order valence-corrected chi connectivity index (χ0v) is 23.3. The number of carboxylic acid groups (broad SMARTS) is 5. The van der Waals surface area contributed by atoms with Crippen LogP contribution in [0.3, 0.4) is 0 Å². The van der Waals surface area contributed by atoms with Gasteiger partial charge in [0.05, 0.1) is 20.0 Å². The van der Waals surface area contributed by atoms with Crippen LogP contribution in [-0.2, 0) is 30.5 Å². The van der Waals surface area contributed by atoms with Gasteiger partial charge in [-0.05, 0) is 43.9 Å². The van der Waals surface area contributed by atoms with E-state index in [1.54, 1.807) is 7.11 Å². The van der Waals surface area contributed by atoms with Crippen molar-refractivity contribution in [2.24, 2.45) is 0 Å². The number of carboxylic acids is 5. The number of anilines is 1. The maximum Gasteiger partial charge on any atom is 0.336 e. The number of likely N-dealkylation sites (N-methyl/N-ethyl adjacent to an activating group) is 1. The first kappa shape index (κ1) is 37.0. The molecular formula is C27H35N3O12. The van der Waals surface area contributed by atoms with Crippen molar-refractivity contribution in [2.75, 3.05) is 39.2 Å². The number of rotatable bonds is 14. The molecule has 0 saturated heterocycles. The number of benzene rings is 1. The minimum absolute atomic E-state index is 0.558. The largest absolute Gasteiger partial charge is 0.497 e. The lowest BCUT2D eigenvalue weighted by Gasteiger charge is -2.25. The van der Waals surface area contributed by atoms with Crippen LogP contribution in [0.25, 0.3) is 0 Å². The van der Waals surface area contributed by atoms with Gasteiger partial charge in [-0.3, -0.25) is 9.59 Å². The Bertz CT molecular complexity index is 1150. The summed E-state index contributed by atoms with van der Waals surface area (Å²) in [5, 5.41) is 49.4. The first-order chi connectivity index (χ1) is 19.6. The van der Waals surface area contributed by atoms with Crippen molar-refractivity contribution < 1.29 is 59.3 Å². The lowest BCUT2D eigenvalue weighted by Crippen LogP contribution is -2.42. The lowest BCUT2D eigenvalue weighted by molar-refractivity contribution is -0.170. The number of aliphatic hydroxyl groups is 1. The fourth-order valence-corrected chi connectivity index (χ4v) is 2.94. The van der Waals surface area contributed by atoms with Crippen molar-refractivity contribution in [1.29, 1.82) is 0 Å². The molecule has 0 radical (unpaired) electrons. The van der Waals surface area contributed by atoms with E-state index in [0.29, 0.717) is 12.2 Å². The maximum atomic E-state index is 10.3. The summed E-state index contributed by atoms with van der Waals surface area (Å²) in [4.78, 5) is 58.5. The van der Waals surface area contributed by atoms with Crippen LogP contribution in [0.5, 0.6) is 5.75 Å². The van der Waals surface area contributed by atoms with Crippen molar-refractivity contribution in [3.63, 3.8) is 0 Å². The molecule has 1 aromatic heterocycles. The Morgan fingerprint density at radius 1 is 0.833 bits per heavy atom. The van der Waals surface area contributed by atoms with Crippen LogP contribution >= 0.6 is 0 Å². The Kier molecular flexibility index (Phi) is 16.8. The van der Waals surface area contributed by atoms with Gasteiger partial charge in [0, 0.05) is 38.0 Å². The van der Waals surface area contributed by atoms with Crippen LogP contribution in [-0.4, -0.2) is 110 Å². The minimum Gasteiger partial charge on any atom is -0.497 e. The van der Waals surface area contributed by atoms with Gasteiger partial charge in [-0.15, -0.1) is 0 Å². The molecule has 1 heterocycles. The maximum absolute atomic E-state index is 10.3. The number of nitrogens with zero attached hydrogens (tertiary/aromatic N) is 3. The molecule has 0 aliphatic carbocycles. The summed E-state index contributed by atoms with van der Waals surface area (Å²) in [7, 11) is 5.86. The highest BCUT2D eigenvalue weighted by Gasteiger charge is 2.40. The summed E-state index contributed by atoms with van der Waals surface area (Å²) in [5.74, 6) is -5.64. The summed E-state index contributed by atoms with van der Waals surface area (Å²) >= 11 is 0. The average molecular weight is 594 g/mol. The van der Waals surface area contributed by atoms with E-state index in [1.165, 1.54) is 5.56 Å². The third kappa shape index (κ3) is 16.8. The average Bonchev–Trinajstić information content (AvgIpc) is 2.90. The Labute approximate surface area is 241 Å². The number of hydrogen-bond donors (Lipinski definition) is 6. The molecule has 42 heavy (non-hydrogen) atoms. The monoisotopic (exact) mass is 593 g/mol. The van der Waals surface area contributed by atoms with Gasteiger partial charge in [0.1, 0.15) is 11.6 Å². The van der Waals surface area contributed by atoms with E-state index in [2.05, 4.69) is 47.1 Å². The van der Waals surface area contributed by atoms with Crippen LogP contribution in [0.1, 0.15) is 18.4 Å². The van der Waals surface area contributed by atoms with Crippen molar-refractivity contribution in [1.82, 2.24) is 9.88 Å². The van der Waals surface area contributed by atoms with E-state index in [4.69, 9.17) is 35.4 Å². The molecule has 0 bridgehead atoms. The number of ether oxygens (including phenoxy) is 1. The second-order valence-electron chi connectivity index (χ2n) is 8.75. The molecule has 0 spiro atoms. The summed E-state index contributed by atoms with van der Waals surface area (Å²) in [5.41, 5.74) is -1.49. The van der Waals surface area contributed by atoms with E-state index >= 15 is 0 Å². The summed E-state index contributed by atoms with van der Waals surface area (Å²) < 4.78 is 5.21. The van der Waals surface area contributed by atoms with E-state index in [1.807, 2.05) is 30.5 Å². The number of carbonyl (C=O) groups is 5. The summed E-state index contributed by atoms with van der Waals surface area (Å²) in [6, 6.07) is 14.2. The van der Waals surface area contributed by atoms with Gasteiger partial charge in [0.25, 0.3) is 0 Å². The molecule has 0 unspecified atom stereocenters. The Hall–Kier alpha value is -5.02. The number of aromatic nitrogens is 1. The zero-order chi connectivity index (χ0) is 32.3. The van der Waals surface area contributed by atoms with Crippen LogP contribution in [0, 0.1) is 0 Å². The van der Waals surface area contributed by atoms with Crippen LogP contribution in [0.2, 0.25) is 0 Å². The first-order valence-electron chi connectivity index (χ1n) is 12.1. The van der Waals surface area contributed by atoms with Crippen LogP contribution in [0.15, 0.2) is 60.8 Å². The van der Waals surface area contributed by atoms with Gasteiger partial charge in [-0.25, -0.2) is 19.4 Å². The SMILES string of the molecule is COc1ccc(CN(CCN(C)C)c2ccccn2)cc1.O=C(O)C=CC(=O)O.O=C(O)CC(O)(CC(=O)O)C(=O)O. The van der Waals surface area contributed by atoms with Gasteiger partial charge in [0.2, 0.25) is 0 Å². The van der Waals surface area contributed by atoms with Crippen LogP contribution in [0.4, 0.5) is 5.82 Å². The van der Waals surface area contributed by atoms with E-state index in [9.17, 15) is 24.0 Å². The van der Waals surface area contributed by atoms with E-state index < -0.39 is 48.3 Å². The lowest BCUT2D eigenvalue weighted by atomic mass is 9.96. The highest BCUT2D eigenvalue weighted by atomic mass is 16.5. The van der Waals surface area contributed by atoms with Crippen molar-refractivity contribution in [3.05, 3.63) is 66.4 Å². The molecule has 15 heteroatoms. The van der Waals surface area contributed by atoms with Gasteiger partial charge in [-0.1, -0.05) is 18.2 Å². The Balaban J connectivity index is 0.000000684. The number of aliphatic carboxylic acids is 5. The fourth-order valence-electron chi connectivity index (χ4n) is 2.94. The van der Waals surface area contributed by atoms with Crippen LogP contribution < -0.4 is 9.64 Å². The number of methoxy groups -OCH3 is 1. The highest BCUT2D eigenvalue weighted by Crippen LogP contribution is 2.17. The molecule has 0 fully saturated rings. The molecule has 15 nitrogen and oxygen atoms in total. The van der Waals surface area contributed by atoms with Gasteiger partial charge in [0.15, 0.2) is 5.60 Å².